The molecule has 2 rings (SSSR count). The zero-order valence-electron chi connectivity index (χ0n) is 11.6. The van der Waals surface area contributed by atoms with Gasteiger partial charge >= 0.3 is 0 Å². The van der Waals surface area contributed by atoms with Crippen LogP contribution in [0.4, 0.5) is 0 Å². The lowest BCUT2D eigenvalue weighted by atomic mass is 10.2. The molecular formula is C14H22N2O3. The van der Waals surface area contributed by atoms with E-state index in [4.69, 9.17) is 14.2 Å². The van der Waals surface area contributed by atoms with E-state index >= 15 is 0 Å². The van der Waals surface area contributed by atoms with Gasteiger partial charge in [0.1, 0.15) is 0 Å². The molecular weight excluding hydrogens is 244 g/mol. The van der Waals surface area contributed by atoms with E-state index in [1.165, 1.54) is 5.56 Å². The van der Waals surface area contributed by atoms with Crippen molar-refractivity contribution in [1.82, 2.24) is 10.2 Å². The van der Waals surface area contributed by atoms with Crippen molar-refractivity contribution >= 4 is 0 Å². The highest BCUT2D eigenvalue weighted by atomic mass is 16.7. The van der Waals surface area contributed by atoms with Crippen molar-refractivity contribution in [3.63, 3.8) is 0 Å². The fourth-order valence-electron chi connectivity index (χ4n) is 1.78. The third-order valence-corrected chi connectivity index (χ3v) is 2.87. The maximum absolute atomic E-state index is 5.51. The predicted molar refractivity (Wildman–Crippen MR) is 73.6 cm³/mol. The Bertz CT molecular complexity index is 396. The van der Waals surface area contributed by atoms with E-state index in [-0.39, 0.29) is 0 Å². The summed E-state index contributed by atoms with van der Waals surface area (Å²) < 4.78 is 16.1. The Hall–Kier alpha value is -1.30. The first kappa shape index (κ1) is 14.1. The van der Waals surface area contributed by atoms with Gasteiger partial charge in [-0.1, -0.05) is 6.07 Å². The molecule has 0 spiro atoms. The topological polar surface area (TPSA) is 43.0 Å². The van der Waals surface area contributed by atoms with Crippen molar-refractivity contribution in [2.75, 3.05) is 47.2 Å². The van der Waals surface area contributed by atoms with Gasteiger partial charge in [0.25, 0.3) is 0 Å². The van der Waals surface area contributed by atoms with Gasteiger partial charge in [-0.25, -0.2) is 0 Å². The first-order valence-corrected chi connectivity index (χ1v) is 6.57. The molecule has 0 aromatic heterocycles. The zero-order chi connectivity index (χ0) is 13.5. The average molecular weight is 266 g/mol. The summed E-state index contributed by atoms with van der Waals surface area (Å²) in [6.07, 6.45) is 0. The van der Waals surface area contributed by atoms with Crippen LogP contribution in [-0.4, -0.2) is 52.1 Å². The van der Waals surface area contributed by atoms with Crippen molar-refractivity contribution in [1.29, 1.82) is 0 Å². The van der Waals surface area contributed by atoms with Gasteiger partial charge in [-0.05, 0) is 31.8 Å². The summed E-state index contributed by atoms with van der Waals surface area (Å²) in [6.45, 7) is 4.46. The van der Waals surface area contributed by atoms with Gasteiger partial charge in [0.15, 0.2) is 11.5 Å². The molecule has 0 saturated carbocycles. The Morgan fingerprint density at radius 2 is 2.05 bits per heavy atom. The normalized spacial score (nSPS) is 13.2. The summed E-state index contributed by atoms with van der Waals surface area (Å²) in [5, 5.41) is 3.35. The minimum atomic E-state index is 0.325. The summed E-state index contributed by atoms with van der Waals surface area (Å²) >= 11 is 0. The number of benzene rings is 1. The molecule has 1 aromatic carbocycles. The maximum atomic E-state index is 5.51. The van der Waals surface area contributed by atoms with Crippen LogP contribution in [0, 0.1) is 0 Å². The summed E-state index contributed by atoms with van der Waals surface area (Å²) in [5.74, 6) is 1.66. The van der Waals surface area contributed by atoms with Crippen LogP contribution >= 0.6 is 0 Å². The Morgan fingerprint density at radius 1 is 1.21 bits per heavy atom. The van der Waals surface area contributed by atoms with Gasteiger partial charge in [0, 0.05) is 19.6 Å². The van der Waals surface area contributed by atoms with Crippen molar-refractivity contribution in [3.8, 4) is 11.5 Å². The zero-order valence-corrected chi connectivity index (χ0v) is 11.6. The highest BCUT2D eigenvalue weighted by molar-refractivity contribution is 5.44. The number of nitrogens with zero attached hydrogens (tertiary/aromatic N) is 1. The molecule has 0 bridgehead atoms. The van der Waals surface area contributed by atoms with E-state index < -0.39 is 0 Å². The first-order chi connectivity index (χ1) is 9.25. The maximum Gasteiger partial charge on any atom is 0.231 e. The van der Waals surface area contributed by atoms with Crippen LogP contribution in [0.25, 0.3) is 0 Å². The molecule has 0 radical (unpaired) electrons. The summed E-state index contributed by atoms with van der Waals surface area (Å²) in [7, 11) is 4.09. The highest BCUT2D eigenvalue weighted by Gasteiger charge is 2.12. The standard InChI is InChI=1S/C14H22N2O3/c1-16(2)6-8-17-7-5-15-10-12-3-4-13-14(9-12)19-11-18-13/h3-4,9,15H,5-8,10-11H2,1-2H3. The second kappa shape index (κ2) is 7.33. The number of ether oxygens (including phenoxy) is 3. The summed E-state index contributed by atoms with van der Waals surface area (Å²) in [6, 6.07) is 6.02. The molecule has 1 aliphatic heterocycles. The quantitative estimate of drug-likeness (QED) is 0.713. The molecule has 0 unspecified atom stereocenters. The van der Waals surface area contributed by atoms with Crippen LogP contribution in [0.2, 0.25) is 0 Å². The Balaban J connectivity index is 1.58. The molecule has 1 aromatic rings. The van der Waals surface area contributed by atoms with Gasteiger partial charge in [-0.3, -0.25) is 0 Å². The van der Waals surface area contributed by atoms with Crippen molar-refractivity contribution in [2.45, 2.75) is 6.54 Å². The molecule has 1 heterocycles. The minimum Gasteiger partial charge on any atom is -0.454 e. The fourth-order valence-corrected chi connectivity index (χ4v) is 1.78. The SMILES string of the molecule is CN(C)CCOCCNCc1ccc2c(c1)OCO2. The molecule has 1 aliphatic rings. The van der Waals surface area contributed by atoms with E-state index in [1.807, 2.05) is 32.3 Å². The Labute approximate surface area is 114 Å². The Morgan fingerprint density at radius 3 is 2.89 bits per heavy atom. The van der Waals surface area contributed by atoms with Crippen LogP contribution < -0.4 is 14.8 Å². The number of rotatable bonds is 8. The van der Waals surface area contributed by atoms with E-state index in [2.05, 4.69) is 10.2 Å². The van der Waals surface area contributed by atoms with Crippen molar-refractivity contribution in [2.24, 2.45) is 0 Å². The van der Waals surface area contributed by atoms with E-state index in [0.29, 0.717) is 6.79 Å². The lowest BCUT2D eigenvalue weighted by Crippen LogP contribution is -2.23. The second-order valence-electron chi connectivity index (χ2n) is 4.78. The third-order valence-electron chi connectivity index (χ3n) is 2.87. The van der Waals surface area contributed by atoms with Crippen molar-refractivity contribution < 1.29 is 14.2 Å². The van der Waals surface area contributed by atoms with Crippen LogP contribution in [0.3, 0.4) is 0 Å². The first-order valence-electron chi connectivity index (χ1n) is 6.57. The lowest BCUT2D eigenvalue weighted by Gasteiger charge is -2.10. The molecule has 0 fully saturated rings. The molecule has 0 saturated heterocycles. The summed E-state index contributed by atoms with van der Waals surface area (Å²) in [5.41, 5.74) is 1.19. The summed E-state index contributed by atoms with van der Waals surface area (Å²) in [4.78, 5) is 2.11. The van der Waals surface area contributed by atoms with Crippen LogP contribution in [0.15, 0.2) is 18.2 Å². The number of hydrogen-bond donors (Lipinski definition) is 1. The van der Waals surface area contributed by atoms with Crippen LogP contribution in [-0.2, 0) is 11.3 Å². The number of nitrogens with one attached hydrogen (secondary N) is 1. The van der Waals surface area contributed by atoms with E-state index in [9.17, 15) is 0 Å². The molecule has 0 aliphatic carbocycles. The lowest BCUT2D eigenvalue weighted by molar-refractivity contribution is 0.119. The molecule has 1 N–H and O–H groups in total. The van der Waals surface area contributed by atoms with E-state index in [1.54, 1.807) is 0 Å². The van der Waals surface area contributed by atoms with E-state index in [0.717, 1.165) is 44.3 Å². The third kappa shape index (κ3) is 4.70. The minimum absolute atomic E-state index is 0.325. The monoisotopic (exact) mass is 266 g/mol. The van der Waals surface area contributed by atoms with Crippen LogP contribution in [0.5, 0.6) is 11.5 Å². The molecule has 5 heteroatoms. The van der Waals surface area contributed by atoms with Gasteiger partial charge in [-0.15, -0.1) is 0 Å². The molecule has 19 heavy (non-hydrogen) atoms. The highest BCUT2D eigenvalue weighted by Crippen LogP contribution is 2.32. The molecule has 106 valence electrons. The number of hydrogen-bond acceptors (Lipinski definition) is 5. The number of fused-ring (bicyclic) bond motifs is 1. The van der Waals surface area contributed by atoms with Gasteiger partial charge < -0.3 is 24.4 Å². The second-order valence-corrected chi connectivity index (χ2v) is 4.78. The fraction of sp³-hybridized carbons (Fsp3) is 0.571. The molecule has 0 atom stereocenters. The molecule has 0 amide bonds. The van der Waals surface area contributed by atoms with Crippen LogP contribution in [0.1, 0.15) is 5.56 Å². The smallest absolute Gasteiger partial charge is 0.231 e. The van der Waals surface area contributed by atoms with Crippen molar-refractivity contribution in [3.05, 3.63) is 23.8 Å². The average Bonchev–Trinajstić information content (AvgIpc) is 2.84. The Kier molecular flexibility index (Phi) is 5.44. The van der Waals surface area contributed by atoms with Gasteiger partial charge in [-0.2, -0.15) is 0 Å². The van der Waals surface area contributed by atoms with Gasteiger partial charge in [0.05, 0.1) is 13.2 Å². The largest absolute Gasteiger partial charge is 0.454 e. The predicted octanol–water partition coefficient (Wildman–Crippen LogP) is 1.08. The number of likely N-dealkylation sites (N-methyl/N-ethyl adjacent to an activating group) is 1. The molecule has 5 nitrogen and oxygen atoms in total. The van der Waals surface area contributed by atoms with Gasteiger partial charge in [0.2, 0.25) is 6.79 Å².